The van der Waals surface area contributed by atoms with Crippen LogP contribution in [0.4, 0.5) is 0 Å². The third-order valence-electron chi connectivity index (χ3n) is 4.50. The normalized spacial score (nSPS) is 19.1. The first kappa shape index (κ1) is 16.5. The molecule has 0 spiro atoms. The zero-order chi connectivity index (χ0) is 15.8. The summed E-state index contributed by atoms with van der Waals surface area (Å²) < 4.78 is 27.0. The number of piperidine rings is 1. The highest BCUT2D eigenvalue weighted by Crippen LogP contribution is 2.35. The van der Waals surface area contributed by atoms with Crippen LogP contribution in [0, 0.1) is 18.3 Å². The van der Waals surface area contributed by atoms with Crippen LogP contribution in [0.1, 0.15) is 44.9 Å². The van der Waals surface area contributed by atoms with E-state index < -0.39 is 10.0 Å². The Balaban J connectivity index is 2.19. The average molecular weight is 314 g/mol. The van der Waals surface area contributed by atoms with Crippen LogP contribution in [-0.4, -0.2) is 36.0 Å². The summed E-state index contributed by atoms with van der Waals surface area (Å²) in [6.45, 7) is 9.72. The first-order valence-corrected chi connectivity index (χ1v) is 8.86. The van der Waals surface area contributed by atoms with E-state index in [2.05, 4.69) is 31.0 Å². The third kappa shape index (κ3) is 3.14. The first-order valence-electron chi connectivity index (χ1n) is 7.42. The van der Waals surface area contributed by atoms with Crippen LogP contribution in [0.25, 0.3) is 0 Å². The Morgan fingerprint density at radius 3 is 2.38 bits per heavy atom. The molecule has 0 atom stereocenters. The molecule has 7 heteroatoms. The van der Waals surface area contributed by atoms with Gasteiger partial charge in [-0.2, -0.15) is 9.40 Å². The molecule has 1 fully saturated rings. The van der Waals surface area contributed by atoms with Gasteiger partial charge in [-0.1, -0.05) is 20.8 Å². The maximum absolute atomic E-state index is 12.7. The van der Waals surface area contributed by atoms with Crippen molar-refractivity contribution in [3.8, 4) is 0 Å². The van der Waals surface area contributed by atoms with E-state index in [-0.39, 0.29) is 17.0 Å². The molecule has 120 valence electrons. The summed E-state index contributed by atoms with van der Waals surface area (Å²) in [5.41, 5.74) is 7.20. The van der Waals surface area contributed by atoms with Gasteiger partial charge in [0, 0.05) is 30.9 Å². The monoisotopic (exact) mass is 314 g/mol. The number of hydrogen-bond acceptors (Lipinski definition) is 4. The number of aromatic nitrogens is 2. The van der Waals surface area contributed by atoms with E-state index in [4.69, 9.17) is 5.73 Å². The van der Waals surface area contributed by atoms with Gasteiger partial charge in [-0.3, -0.25) is 5.10 Å². The molecule has 2 rings (SSSR count). The molecule has 1 saturated heterocycles. The molecule has 0 saturated carbocycles. The quantitative estimate of drug-likeness (QED) is 0.887. The number of H-pyrrole nitrogens is 1. The van der Waals surface area contributed by atoms with Crippen LogP contribution in [-0.2, 0) is 16.6 Å². The zero-order valence-corrected chi connectivity index (χ0v) is 14.1. The second kappa shape index (κ2) is 5.70. The largest absolute Gasteiger partial charge is 0.326 e. The molecule has 2 heterocycles. The maximum Gasteiger partial charge on any atom is 0.262 e. The average Bonchev–Trinajstić information content (AvgIpc) is 2.79. The predicted molar refractivity (Wildman–Crippen MR) is 82.2 cm³/mol. The molecule has 1 aliphatic rings. The Kier molecular flexibility index (Phi) is 4.46. The first-order chi connectivity index (χ1) is 9.67. The predicted octanol–water partition coefficient (Wildman–Crippen LogP) is 1.62. The standard InChI is InChI=1S/C14H26N4O2S/c1-10-12(9-15)13(17-16-10)21(19,20)18-7-5-11(6-8-18)14(2,3)4/h11H,5-9,15H2,1-4H3,(H,16,17). The molecule has 0 aliphatic carbocycles. The van der Waals surface area contributed by atoms with Crippen LogP contribution in [0.5, 0.6) is 0 Å². The number of sulfonamides is 1. The highest BCUT2D eigenvalue weighted by Gasteiger charge is 2.36. The van der Waals surface area contributed by atoms with Gasteiger partial charge < -0.3 is 5.73 Å². The molecule has 1 aliphatic heterocycles. The summed E-state index contributed by atoms with van der Waals surface area (Å²) in [5.74, 6) is 0.554. The van der Waals surface area contributed by atoms with Crippen LogP contribution in [0.3, 0.4) is 0 Å². The molecule has 3 N–H and O–H groups in total. The fourth-order valence-corrected chi connectivity index (χ4v) is 4.61. The molecular formula is C14H26N4O2S. The van der Waals surface area contributed by atoms with Crippen molar-refractivity contribution in [1.29, 1.82) is 0 Å². The second-order valence-corrected chi connectivity index (χ2v) is 8.73. The molecule has 0 aromatic carbocycles. The Morgan fingerprint density at radius 1 is 1.33 bits per heavy atom. The Labute approximate surface area is 127 Å². The van der Waals surface area contributed by atoms with Gasteiger partial charge >= 0.3 is 0 Å². The van der Waals surface area contributed by atoms with Crippen molar-refractivity contribution < 1.29 is 8.42 Å². The number of nitrogens with zero attached hydrogens (tertiary/aromatic N) is 2. The van der Waals surface area contributed by atoms with E-state index in [9.17, 15) is 8.42 Å². The van der Waals surface area contributed by atoms with E-state index in [0.29, 0.717) is 24.6 Å². The lowest BCUT2D eigenvalue weighted by molar-refractivity contribution is 0.154. The van der Waals surface area contributed by atoms with Gasteiger partial charge in [0.1, 0.15) is 0 Å². The fourth-order valence-electron chi connectivity index (χ4n) is 2.97. The Hall–Kier alpha value is -0.920. The van der Waals surface area contributed by atoms with Gasteiger partial charge in [0.25, 0.3) is 10.0 Å². The van der Waals surface area contributed by atoms with E-state index in [1.165, 1.54) is 0 Å². The van der Waals surface area contributed by atoms with Crippen molar-refractivity contribution >= 4 is 10.0 Å². The van der Waals surface area contributed by atoms with Crippen LogP contribution in [0.15, 0.2) is 5.03 Å². The highest BCUT2D eigenvalue weighted by atomic mass is 32.2. The highest BCUT2D eigenvalue weighted by molar-refractivity contribution is 7.89. The van der Waals surface area contributed by atoms with Crippen molar-refractivity contribution in [3.05, 3.63) is 11.3 Å². The van der Waals surface area contributed by atoms with Gasteiger partial charge in [0.15, 0.2) is 5.03 Å². The summed E-state index contributed by atoms with van der Waals surface area (Å²) in [7, 11) is -3.54. The lowest BCUT2D eigenvalue weighted by Crippen LogP contribution is -2.41. The smallest absolute Gasteiger partial charge is 0.262 e. The SMILES string of the molecule is Cc1[nH]nc(S(=O)(=O)N2CCC(C(C)(C)C)CC2)c1CN. The van der Waals surface area contributed by atoms with Crippen molar-refractivity contribution in [2.24, 2.45) is 17.1 Å². The van der Waals surface area contributed by atoms with E-state index in [1.807, 2.05) is 0 Å². The molecule has 0 radical (unpaired) electrons. The minimum atomic E-state index is -3.54. The van der Waals surface area contributed by atoms with E-state index in [0.717, 1.165) is 18.5 Å². The molecule has 21 heavy (non-hydrogen) atoms. The Morgan fingerprint density at radius 2 is 1.90 bits per heavy atom. The molecule has 0 bridgehead atoms. The van der Waals surface area contributed by atoms with Gasteiger partial charge in [0.2, 0.25) is 0 Å². The van der Waals surface area contributed by atoms with E-state index >= 15 is 0 Å². The van der Waals surface area contributed by atoms with Gasteiger partial charge in [-0.05, 0) is 31.1 Å². The summed E-state index contributed by atoms with van der Waals surface area (Å²) in [6.07, 6.45) is 1.79. The van der Waals surface area contributed by atoms with Crippen molar-refractivity contribution in [1.82, 2.24) is 14.5 Å². The van der Waals surface area contributed by atoms with Crippen LogP contribution in [0.2, 0.25) is 0 Å². The van der Waals surface area contributed by atoms with Crippen LogP contribution < -0.4 is 5.73 Å². The Bertz CT molecular complexity index is 593. The van der Waals surface area contributed by atoms with Crippen LogP contribution >= 0.6 is 0 Å². The third-order valence-corrected chi connectivity index (χ3v) is 6.37. The van der Waals surface area contributed by atoms with Crippen molar-refractivity contribution in [3.63, 3.8) is 0 Å². The summed E-state index contributed by atoms with van der Waals surface area (Å²) in [6, 6.07) is 0. The molecule has 1 aromatic heterocycles. The number of nitrogens with one attached hydrogen (secondary N) is 1. The number of aryl methyl sites for hydroxylation is 1. The van der Waals surface area contributed by atoms with E-state index in [1.54, 1.807) is 11.2 Å². The lowest BCUT2D eigenvalue weighted by atomic mass is 9.76. The number of hydrogen-bond donors (Lipinski definition) is 2. The summed E-state index contributed by atoms with van der Waals surface area (Å²) >= 11 is 0. The number of nitrogens with two attached hydrogens (primary N) is 1. The van der Waals surface area contributed by atoms with Gasteiger partial charge in [-0.25, -0.2) is 8.42 Å². The van der Waals surface area contributed by atoms with Gasteiger partial charge in [-0.15, -0.1) is 0 Å². The minimum absolute atomic E-state index is 0.0942. The van der Waals surface area contributed by atoms with Gasteiger partial charge in [0.05, 0.1) is 0 Å². The fraction of sp³-hybridized carbons (Fsp3) is 0.786. The summed E-state index contributed by atoms with van der Waals surface area (Å²) in [4.78, 5) is 0. The van der Waals surface area contributed by atoms with Crippen molar-refractivity contribution in [2.75, 3.05) is 13.1 Å². The second-order valence-electron chi connectivity index (χ2n) is 6.88. The summed E-state index contributed by atoms with van der Waals surface area (Å²) in [5, 5.41) is 6.79. The van der Waals surface area contributed by atoms with Crippen molar-refractivity contribution in [2.45, 2.75) is 52.1 Å². The molecule has 1 aromatic rings. The maximum atomic E-state index is 12.7. The molecule has 6 nitrogen and oxygen atoms in total. The molecular weight excluding hydrogens is 288 g/mol. The minimum Gasteiger partial charge on any atom is -0.326 e. The molecule has 0 amide bonds. The lowest BCUT2D eigenvalue weighted by Gasteiger charge is -2.37. The topological polar surface area (TPSA) is 92.1 Å². The number of aromatic amines is 1. The molecule has 0 unspecified atom stereocenters. The number of rotatable bonds is 3. The zero-order valence-electron chi connectivity index (χ0n) is 13.3.